The van der Waals surface area contributed by atoms with Gasteiger partial charge in [-0.05, 0) is 37.1 Å². The molecule has 0 saturated heterocycles. The van der Waals surface area contributed by atoms with Crippen LogP contribution in [0.5, 0.6) is 0 Å². The van der Waals surface area contributed by atoms with E-state index in [2.05, 4.69) is 31.0 Å². The van der Waals surface area contributed by atoms with Crippen molar-refractivity contribution in [3.63, 3.8) is 0 Å². The summed E-state index contributed by atoms with van der Waals surface area (Å²) in [6.45, 7) is 7.30. The number of carbonyl (C=O) groups is 2. The summed E-state index contributed by atoms with van der Waals surface area (Å²) in [7, 11) is 0. The predicted molar refractivity (Wildman–Crippen MR) is 138 cm³/mol. The van der Waals surface area contributed by atoms with Gasteiger partial charge in [0.15, 0.2) is 11.6 Å². The van der Waals surface area contributed by atoms with Crippen molar-refractivity contribution >= 4 is 17.8 Å². The van der Waals surface area contributed by atoms with E-state index in [0.717, 1.165) is 30.7 Å². The van der Waals surface area contributed by atoms with E-state index < -0.39 is 40.8 Å². The van der Waals surface area contributed by atoms with E-state index in [1.54, 1.807) is 13.8 Å². The van der Waals surface area contributed by atoms with Gasteiger partial charge in [0.1, 0.15) is 5.82 Å². The van der Waals surface area contributed by atoms with Gasteiger partial charge in [0.2, 0.25) is 11.8 Å². The summed E-state index contributed by atoms with van der Waals surface area (Å²) in [4.78, 5) is 26.4. The predicted octanol–water partition coefficient (Wildman–Crippen LogP) is 5.03. The number of amides is 2. The number of ether oxygens (including phenoxy) is 1. The zero-order valence-electron chi connectivity index (χ0n) is 22.6. The number of halogens is 3. The monoisotopic (exact) mass is 566 g/mol. The largest absolute Gasteiger partial charge is 0.450 e. The van der Waals surface area contributed by atoms with Crippen LogP contribution in [0.15, 0.2) is 40.9 Å². The highest BCUT2D eigenvalue weighted by molar-refractivity contribution is 5.94. The summed E-state index contributed by atoms with van der Waals surface area (Å²) in [5, 5.41) is 31.1. The summed E-state index contributed by atoms with van der Waals surface area (Å²) in [6, 6.07) is 5.51. The molecular formula is C26H33F3N6O5. The summed E-state index contributed by atoms with van der Waals surface area (Å²) >= 11 is 0. The van der Waals surface area contributed by atoms with Gasteiger partial charge in [0.05, 0.1) is 18.4 Å². The number of hydrogen-bond acceptors (Lipinski definition) is 8. The molecule has 0 aliphatic heterocycles. The third kappa shape index (κ3) is 6.61. The molecule has 218 valence electrons. The van der Waals surface area contributed by atoms with Gasteiger partial charge in [-0.2, -0.15) is 18.3 Å². The van der Waals surface area contributed by atoms with Gasteiger partial charge in [-0.15, -0.1) is 10.2 Å². The molecule has 0 spiro atoms. The molecule has 0 unspecified atom stereocenters. The molecule has 4 N–H and O–H groups in total. The SMILES string of the molecule is CCCCOC(=O)N[C@@](c1nnc(-c2ccc(C(F)(F)F)cc2)o1)([C@@H](O)C(=O)Nc1ccn[nH]1)C(C)(C)CCC. The molecule has 2 atom stereocenters. The van der Waals surface area contributed by atoms with Crippen LogP contribution in [0.3, 0.4) is 0 Å². The highest BCUT2D eigenvalue weighted by Gasteiger charge is 2.59. The molecule has 1 aromatic carbocycles. The average Bonchev–Trinajstić information content (AvgIpc) is 3.59. The number of rotatable bonds is 12. The molecule has 2 heterocycles. The smallest absolute Gasteiger partial charge is 0.416 e. The van der Waals surface area contributed by atoms with E-state index in [1.165, 1.54) is 12.3 Å². The van der Waals surface area contributed by atoms with Gasteiger partial charge in [0, 0.05) is 17.0 Å². The van der Waals surface area contributed by atoms with Gasteiger partial charge in [-0.3, -0.25) is 9.89 Å². The molecule has 0 bridgehead atoms. The van der Waals surface area contributed by atoms with E-state index in [9.17, 15) is 27.9 Å². The fraction of sp³-hybridized carbons (Fsp3) is 0.500. The Kier molecular flexibility index (Phi) is 9.56. The average molecular weight is 567 g/mol. The number of H-pyrrole nitrogens is 1. The molecular weight excluding hydrogens is 533 g/mol. The fourth-order valence-corrected chi connectivity index (χ4v) is 4.42. The second-order valence-electron chi connectivity index (χ2n) is 9.91. The number of unbranched alkanes of at least 4 members (excludes halogenated alkanes) is 1. The Hall–Kier alpha value is -3.94. The van der Waals surface area contributed by atoms with Crippen LogP contribution >= 0.6 is 0 Å². The normalized spacial score (nSPS) is 14.3. The first-order valence-corrected chi connectivity index (χ1v) is 12.8. The Balaban J connectivity index is 2.12. The fourth-order valence-electron chi connectivity index (χ4n) is 4.42. The van der Waals surface area contributed by atoms with Crippen LogP contribution in [-0.2, 0) is 21.2 Å². The van der Waals surface area contributed by atoms with Crippen LogP contribution in [0.25, 0.3) is 11.5 Å². The molecule has 2 aromatic heterocycles. The number of anilines is 1. The highest BCUT2D eigenvalue weighted by Crippen LogP contribution is 2.46. The molecule has 0 fully saturated rings. The maximum absolute atomic E-state index is 13.3. The first-order chi connectivity index (χ1) is 18.9. The van der Waals surface area contributed by atoms with Crippen LogP contribution in [-0.4, -0.2) is 50.2 Å². The topological polar surface area (TPSA) is 155 Å². The maximum atomic E-state index is 13.3. The second kappa shape index (κ2) is 12.5. The molecule has 0 aliphatic carbocycles. The Labute approximate surface area is 228 Å². The van der Waals surface area contributed by atoms with Crippen LogP contribution in [0.4, 0.5) is 23.8 Å². The first-order valence-electron chi connectivity index (χ1n) is 12.8. The molecule has 14 heteroatoms. The van der Waals surface area contributed by atoms with Crippen molar-refractivity contribution in [3.05, 3.63) is 48.0 Å². The summed E-state index contributed by atoms with van der Waals surface area (Å²) in [6.07, 6.45) is -3.77. The van der Waals surface area contributed by atoms with Gasteiger partial charge in [0.25, 0.3) is 5.91 Å². The van der Waals surface area contributed by atoms with Crippen molar-refractivity contribution in [2.24, 2.45) is 5.41 Å². The summed E-state index contributed by atoms with van der Waals surface area (Å²) in [5.74, 6) is -1.24. The lowest BCUT2D eigenvalue weighted by molar-refractivity contribution is -0.137. The lowest BCUT2D eigenvalue weighted by Crippen LogP contribution is -2.65. The number of alkyl carbamates (subject to hydrolysis) is 1. The number of aliphatic hydroxyl groups excluding tert-OH is 1. The van der Waals surface area contributed by atoms with Crippen molar-refractivity contribution in [1.29, 1.82) is 0 Å². The molecule has 3 aromatic rings. The summed E-state index contributed by atoms with van der Waals surface area (Å²) < 4.78 is 50.3. The Bertz CT molecular complexity index is 1260. The van der Waals surface area contributed by atoms with Crippen molar-refractivity contribution in [2.75, 3.05) is 11.9 Å². The van der Waals surface area contributed by atoms with E-state index in [1.807, 2.05) is 13.8 Å². The molecule has 2 amide bonds. The van der Waals surface area contributed by atoms with E-state index in [4.69, 9.17) is 9.15 Å². The lowest BCUT2D eigenvalue weighted by Gasteiger charge is -2.46. The number of nitrogens with zero attached hydrogens (tertiary/aromatic N) is 3. The van der Waals surface area contributed by atoms with Crippen molar-refractivity contribution in [2.45, 2.75) is 71.2 Å². The van der Waals surface area contributed by atoms with E-state index >= 15 is 0 Å². The second-order valence-corrected chi connectivity index (χ2v) is 9.91. The third-order valence-corrected chi connectivity index (χ3v) is 6.61. The minimum atomic E-state index is -4.54. The Morgan fingerprint density at radius 3 is 2.38 bits per heavy atom. The Morgan fingerprint density at radius 1 is 1.10 bits per heavy atom. The maximum Gasteiger partial charge on any atom is 0.416 e. The molecule has 3 rings (SSSR count). The number of nitrogens with one attached hydrogen (secondary N) is 3. The molecule has 11 nitrogen and oxygen atoms in total. The number of aromatic amines is 1. The number of aromatic nitrogens is 4. The molecule has 40 heavy (non-hydrogen) atoms. The van der Waals surface area contributed by atoms with E-state index in [0.29, 0.717) is 19.3 Å². The zero-order valence-corrected chi connectivity index (χ0v) is 22.6. The summed E-state index contributed by atoms with van der Waals surface area (Å²) in [5.41, 5.74) is -3.82. The van der Waals surface area contributed by atoms with Crippen molar-refractivity contribution in [3.8, 4) is 11.5 Å². The van der Waals surface area contributed by atoms with Gasteiger partial charge in [-0.1, -0.05) is 40.5 Å². The highest BCUT2D eigenvalue weighted by atomic mass is 19.4. The van der Waals surface area contributed by atoms with E-state index in [-0.39, 0.29) is 29.8 Å². The third-order valence-electron chi connectivity index (χ3n) is 6.61. The van der Waals surface area contributed by atoms with Gasteiger partial charge < -0.3 is 24.9 Å². The number of carbonyl (C=O) groups excluding carboxylic acids is 2. The van der Waals surface area contributed by atoms with Crippen molar-refractivity contribution in [1.82, 2.24) is 25.7 Å². The first kappa shape index (κ1) is 30.6. The standard InChI is InChI=1S/C26H33F3N6O5/c1-5-7-15-39-23(38)32-25(24(3,4)13-6-2,19(36)20(37)31-18-12-14-30-33-18)22-35-34-21(40-22)16-8-10-17(11-9-16)26(27,28)29/h8-12,14,19,36H,5-7,13,15H2,1-4H3,(H,32,38)(H2,30,31,33,37)/t19-,25+/m0/s1. The Morgan fingerprint density at radius 2 is 1.80 bits per heavy atom. The number of hydrogen-bond donors (Lipinski definition) is 4. The lowest BCUT2D eigenvalue weighted by atomic mass is 9.65. The molecule has 0 saturated carbocycles. The number of benzene rings is 1. The number of aliphatic hydroxyl groups is 1. The van der Waals surface area contributed by atoms with Crippen LogP contribution in [0, 0.1) is 5.41 Å². The molecule has 0 aliphatic rings. The number of alkyl halides is 3. The van der Waals surface area contributed by atoms with Crippen molar-refractivity contribution < 1.29 is 37.0 Å². The van der Waals surface area contributed by atoms with Gasteiger partial charge in [-0.25, -0.2) is 4.79 Å². The van der Waals surface area contributed by atoms with Crippen LogP contribution in [0.1, 0.15) is 64.8 Å². The quantitative estimate of drug-likeness (QED) is 0.223. The minimum Gasteiger partial charge on any atom is -0.450 e. The minimum absolute atomic E-state index is 0.0870. The zero-order chi connectivity index (χ0) is 29.6. The molecule has 0 radical (unpaired) electrons. The van der Waals surface area contributed by atoms with Gasteiger partial charge >= 0.3 is 12.3 Å². The van der Waals surface area contributed by atoms with Crippen LogP contribution in [0.2, 0.25) is 0 Å². The van der Waals surface area contributed by atoms with Crippen LogP contribution < -0.4 is 10.6 Å².